The number of carbonyl (C=O) groups excluding carboxylic acids is 2. The highest BCUT2D eigenvalue weighted by molar-refractivity contribution is 6.30. The molecule has 6 heteroatoms. The smallest absolute Gasteiger partial charge is 0.243 e. The summed E-state index contributed by atoms with van der Waals surface area (Å²) in [4.78, 5) is 28.2. The molecule has 0 bridgehead atoms. The summed E-state index contributed by atoms with van der Waals surface area (Å²) in [6, 6.07) is 15.1. The average molecular weight is 471 g/mol. The molecule has 0 spiro atoms. The second-order valence-corrected chi connectivity index (χ2v) is 9.26. The maximum atomic E-state index is 13.3. The van der Waals surface area contributed by atoms with Gasteiger partial charge in [-0.25, -0.2) is 0 Å². The van der Waals surface area contributed by atoms with Crippen molar-refractivity contribution < 1.29 is 14.3 Å². The molecule has 0 heterocycles. The number of amides is 2. The molecular weight excluding hydrogens is 436 g/mol. The Morgan fingerprint density at radius 1 is 1.09 bits per heavy atom. The van der Waals surface area contributed by atoms with Crippen LogP contribution in [-0.4, -0.2) is 35.4 Å². The molecular formula is C27H35ClN2O3. The number of nitrogens with zero attached hydrogens (tertiary/aromatic N) is 1. The van der Waals surface area contributed by atoms with E-state index < -0.39 is 6.04 Å². The summed E-state index contributed by atoms with van der Waals surface area (Å²) >= 11 is 5.91. The Kier molecular flexibility index (Phi) is 9.61. The summed E-state index contributed by atoms with van der Waals surface area (Å²) in [5.41, 5.74) is 2.19. The summed E-state index contributed by atoms with van der Waals surface area (Å²) in [5, 5.41) is 3.84. The van der Waals surface area contributed by atoms with Crippen molar-refractivity contribution in [1.29, 1.82) is 0 Å². The number of aryl methyl sites for hydroxylation is 1. The van der Waals surface area contributed by atoms with E-state index in [9.17, 15) is 9.59 Å². The van der Waals surface area contributed by atoms with Crippen LogP contribution in [0, 0.1) is 6.92 Å². The Morgan fingerprint density at radius 2 is 1.76 bits per heavy atom. The second kappa shape index (κ2) is 12.6. The molecule has 0 aliphatic heterocycles. The largest absolute Gasteiger partial charge is 0.494 e. The molecule has 0 radical (unpaired) electrons. The molecule has 5 nitrogen and oxygen atoms in total. The molecule has 3 rings (SSSR count). The van der Waals surface area contributed by atoms with Gasteiger partial charge in [0.05, 0.1) is 6.61 Å². The standard InChI is InChI=1S/C27H35ClN2O3/c1-3-25(27(32)29-23-7-4-5-8-23)30(19-21-12-10-20(2)11-13-21)26(31)9-6-18-33-24-16-14-22(28)15-17-24/h10-17,23,25H,3-9,18-19H2,1-2H3,(H,29,32)/t25-/m0/s1. The van der Waals surface area contributed by atoms with Gasteiger partial charge in [0.15, 0.2) is 0 Å². The van der Waals surface area contributed by atoms with Crippen molar-refractivity contribution in [2.75, 3.05) is 6.61 Å². The van der Waals surface area contributed by atoms with Gasteiger partial charge >= 0.3 is 0 Å². The van der Waals surface area contributed by atoms with E-state index in [0.29, 0.717) is 37.4 Å². The van der Waals surface area contributed by atoms with Crippen molar-refractivity contribution in [3.8, 4) is 5.75 Å². The Morgan fingerprint density at radius 3 is 2.39 bits per heavy atom. The monoisotopic (exact) mass is 470 g/mol. The third kappa shape index (κ3) is 7.78. The minimum absolute atomic E-state index is 0.0243. The summed E-state index contributed by atoms with van der Waals surface area (Å²) in [7, 11) is 0. The lowest BCUT2D eigenvalue weighted by molar-refractivity contribution is -0.141. The number of halogens is 1. The summed E-state index contributed by atoms with van der Waals surface area (Å²) in [5.74, 6) is 0.664. The van der Waals surface area contributed by atoms with E-state index in [-0.39, 0.29) is 17.9 Å². The molecule has 1 atom stereocenters. The van der Waals surface area contributed by atoms with Crippen LogP contribution in [0.5, 0.6) is 5.75 Å². The van der Waals surface area contributed by atoms with E-state index in [1.54, 1.807) is 17.0 Å². The van der Waals surface area contributed by atoms with Gasteiger partial charge in [0.1, 0.15) is 11.8 Å². The van der Waals surface area contributed by atoms with Crippen LogP contribution in [-0.2, 0) is 16.1 Å². The first kappa shape index (κ1) is 25.1. The fourth-order valence-corrected chi connectivity index (χ4v) is 4.39. The lowest BCUT2D eigenvalue weighted by Crippen LogP contribution is -2.50. The lowest BCUT2D eigenvalue weighted by atomic mass is 10.1. The number of nitrogens with one attached hydrogen (secondary N) is 1. The van der Waals surface area contributed by atoms with Crippen molar-refractivity contribution in [3.05, 3.63) is 64.7 Å². The number of carbonyl (C=O) groups is 2. The first-order valence-corrected chi connectivity index (χ1v) is 12.4. The zero-order chi connectivity index (χ0) is 23.6. The van der Waals surface area contributed by atoms with Crippen LogP contribution in [0.1, 0.15) is 63.0 Å². The van der Waals surface area contributed by atoms with Crippen LogP contribution in [0.2, 0.25) is 5.02 Å². The van der Waals surface area contributed by atoms with E-state index >= 15 is 0 Å². The van der Waals surface area contributed by atoms with Crippen LogP contribution in [0.3, 0.4) is 0 Å². The quantitative estimate of drug-likeness (QED) is 0.430. The Labute approximate surface area is 202 Å². The molecule has 0 unspecified atom stereocenters. The van der Waals surface area contributed by atoms with Crippen molar-refractivity contribution in [3.63, 3.8) is 0 Å². The normalized spacial score (nSPS) is 14.6. The van der Waals surface area contributed by atoms with E-state index in [1.165, 1.54) is 5.56 Å². The van der Waals surface area contributed by atoms with Crippen LogP contribution in [0.15, 0.2) is 48.5 Å². The van der Waals surface area contributed by atoms with Crippen LogP contribution >= 0.6 is 11.6 Å². The van der Waals surface area contributed by atoms with Gasteiger partial charge in [-0.3, -0.25) is 9.59 Å². The zero-order valence-corrected chi connectivity index (χ0v) is 20.4. The van der Waals surface area contributed by atoms with Gasteiger partial charge < -0.3 is 15.0 Å². The van der Waals surface area contributed by atoms with Gasteiger partial charge in [0.25, 0.3) is 0 Å². The summed E-state index contributed by atoms with van der Waals surface area (Å²) in [6.45, 7) is 4.86. The van der Waals surface area contributed by atoms with Crippen molar-refractivity contribution in [1.82, 2.24) is 10.2 Å². The summed E-state index contributed by atoms with van der Waals surface area (Å²) < 4.78 is 5.74. The highest BCUT2D eigenvalue weighted by atomic mass is 35.5. The SMILES string of the molecule is CC[C@@H](C(=O)NC1CCCC1)N(Cc1ccc(C)cc1)C(=O)CCCOc1ccc(Cl)cc1. The molecule has 33 heavy (non-hydrogen) atoms. The molecule has 1 N–H and O–H groups in total. The Bertz CT molecular complexity index is 893. The molecule has 0 saturated heterocycles. The third-order valence-corrected chi connectivity index (χ3v) is 6.43. The molecule has 0 aromatic heterocycles. The van der Waals surface area contributed by atoms with E-state index in [0.717, 1.165) is 37.0 Å². The van der Waals surface area contributed by atoms with Gasteiger partial charge in [-0.2, -0.15) is 0 Å². The van der Waals surface area contributed by atoms with Gasteiger partial charge in [0, 0.05) is 24.0 Å². The topological polar surface area (TPSA) is 58.6 Å². The first-order valence-electron chi connectivity index (χ1n) is 12.0. The molecule has 2 aromatic carbocycles. The number of benzene rings is 2. The lowest BCUT2D eigenvalue weighted by Gasteiger charge is -2.31. The predicted molar refractivity (Wildman–Crippen MR) is 132 cm³/mol. The minimum atomic E-state index is -0.475. The van der Waals surface area contributed by atoms with Gasteiger partial charge in [-0.1, -0.05) is 61.2 Å². The molecule has 2 aromatic rings. The Balaban J connectivity index is 1.63. The maximum absolute atomic E-state index is 13.3. The van der Waals surface area contributed by atoms with Crippen LogP contribution in [0.25, 0.3) is 0 Å². The number of hydrogen-bond acceptors (Lipinski definition) is 3. The average Bonchev–Trinajstić information content (AvgIpc) is 3.32. The fraction of sp³-hybridized carbons (Fsp3) is 0.481. The number of ether oxygens (including phenoxy) is 1. The van der Waals surface area contributed by atoms with E-state index in [4.69, 9.17) is 16.3 Å². The van der Waals surface area contributed by atoms with Crippen molar-refractivity contribution in [2.45, 2.75) is 77.4 Å². The second-order valence-electron chi connectivity index (χ2n) is 8.83. The molecule has 1 aliphatic rings. The third-order valence-electron chi connectivity index (χ3n) is 6.18. The number of hydrogen-bond donors (Lipinski definition) is 1. The molecule has 178 valence electrons. The molecule has 2 amide bonds. The molecule has 1 saturated carbocycles. The maximum Gasteiger partial charge on any atom is 0.243 e. The zero-order valence-electron chi connectivity index (χ0n) is 19.7. The van der Waals surface area contributed by atoms with E-state index in [1.807, 2.05) is 50.2 Å². The first-order chi connectivity index (χ1) is 16.0. The minimum Gasteiger partial charge on any atom is -0.494 e. The van der Waals surface area contributed by atoms with Gasteiger partial charge in [0.2, 0.25) is 11.8 Å². The van der Waals surface area contributed by atoms with Gasteiger partial charge in [-0.05, 0) is 62.4 Å². The number of rotatable bonds is 11. The fourth-order valence-electron chi connectivity index (χ4n) is 4.27. The Hall–Kier alpha value is -2.53. The van der Waals surface area contributed by atoms with Gasteiger partial charge in [-0.15, -0.1) is 0 Å². The van der Waals surface area contributed by atoms with E-state index in [2.05, 4.69) is 5.32 Å². The highest BCUT2D eigenvalue weighted by Crippen LogP contribution is 2.20. The van der Waals surface area contributed by atoms with Crippen molar-refractivity contribution in [2.24, 2.45) is 0 Å². The summed E-state index contributed by atoms with van der Waals surface area (Å²) in [6.07, 6.45) is 5.84. The van der Waals surface area contributed by atoms with Crippen molar-refractivity contribution >= 4 is 23.4 Å². The highest BCUT2D eigenvalue weighted by Gasteiger charge is 2.30. The molecule has 1 aliphatic carbocycles. The predicted octanol–water partition coefficient (Wildman–Crippen LogP) is 5.67. The van der Waals surface area contributed by atoms with Crippen LogP contribution < -0.4 is 10.1 Å². The van der Waals surface area contributed by atoms with Crippen LogP contribution in [0.4, 0.5) is 0 Å². The molecule has 1 fully saturated rings.